The molecule has 0 aliphatic carbocycles. The van der Waals surface area contributed by atoms with Crippen molar-refractivity contribution in [3.63, 3.8) is 0 Å². The average molecular weight is 446 g/mol. The van der Waals surface area contributed by atoms with E-state index in [2.05, 4.69) is 4.90 Å². The molecule has 0 saturated carbocycles. The molecule has 0 spiro atoms. The van der Waals surface area contributed by atoms with Crippen molar-refractivity contribution in [2.75, 3.05) is 24.6 Å². The zero-order chi connectivity index (χ0) is 22.8. The first kappa shape index (κ1) is 23.0. The van der Waals surface area contributed by atoms with E-state index in [0.717, 1.165) is 57.3 Å². The molecule has 3 saturated heterocycles. The van der Waals surface area contributed by atoms with Gasteiger partial charge in [0.2, 0.25) is 5.91 Å². The average Bonchev–Trinajstić information content (AvgIpc) is 3.05. The molecule has 0 aromatic heterocycles. The van der Waals surface area contributed by atoms with Crippen LogP contribution >= 0.6 is 0 Å². The maximum atomic E-state index is 13.5. The van der Waals surface area contributed by atoms with Crippen LogP contribution in [0.25, 0.3) is 0 Å². The molecule has 7 heteroatoms. The number of hydrogen-bond acceptors (Lipinski definition) is 4. The molecular weight excluding hydrogens is 409 g/mol. The molecule has 3 aliphatic heterocycles. The van der Waals surface area contributed by atoms with E-state index in [0.29, 0.717) is 12.6 Å². The molecule has 2 amide bonds. The molecule has 1 aromatic carbocycles. The Balaban J connectivity index is 1.39. The summed E-state index contributed by atoms with van der Waals surface area (Å²) in [6.45, 7) is 8.00. The number of carbonyl (C=O) groups is 2. The van der Waals surface area contributed by atoms with Gasteiger partial charge in [-0.2, -0.15) is 0 Å². The lowest BCUT2D eigenvalue weighted by Gasteiger charge is -2.46. The number of hydrogen-bond donors (Lipinski definition) is 0. The summed E-state index contributed by atoms with van der Waals surface area (Å²) in [6.07, 6.45) is 5.81. The van der Waals surface area contributed by atoms with Gasteiger partial charge in [0.05, 0.1) is 6.61 Å². The lowest BCUT2D eigenvalue weighted by molar-refractivity contribution is -0.122. The second kappa shape index (κ2) is 9.77. The molecular formula is C25H36FN3O3. The van der Waals surface area contributed by atoms with E-state index in [1.54, 1.807) is 12.1 Å². The van der Waals surface area contributed by atoms with Crippen molar-refractivity contribution < 1.29 is 18.7 Å². The van der Waals surface area contributed by atoms with Gasteiger partial charge in [-0.15, -0.1) is 0 Å². The number of amides is 2. The summed E-state index contributed by atoms with van der Waals surface area (Å²) in [6, 6.07) is 7.47. The van der Waals surface area contributed by atoms with Crippen molar-refractivity contribution in [3.8, 4) is 0 Å². The Kier molecular flexibility index (Phi) is 7.03. The van der Waals surface area contributed by atoms with Crippen LogP contribution in [0, 0.1) is 11.7 Å². The van der Waals surface area contributed by atoms with Crippen LogP contribution in [0.1, 0.15) is 59.3 Å². The van der Waals surface area contributed by atoms with Crippen LogP contribution < -0.4 is 4.90 Å². The third kappa shape index (κ3) is 4.63. The van der Waals surface area contributed by atoms with Gasteiger partial charge in [-0.3, -0.25) is 4.79 Å². The quantitative estimate of drug-likeness (QED) is 0.673. The van der Waals surface area contributed by atoms with Gasteiger partial charge in [0.15, 0.2) is 0 Å². The largest absolute Gasteiger partial charge is 0.450 e. The SMILES string of the molecule is CCOC(=O)N1C2CCC1CC(N1CCC(N(C(=O)C(C)C)c3ccc(F)cc3)CC1)C2. The van der Waals surface area contributed by atoms with Crippen LogP contribution in [0.4, 0.5) is 14.9 Å². The molecule has 3 aliphatic rings. The zero-order valence-corrected chi connectivity index (χ0v) is 19.5. The topological polar surface area (TPSA) is 53.1 Å². The van der Waals surface area contributed by atoms with E-state index < -0.39 is 0 Å². The van der Waals surface area contributed by atoms with Crippen LogP contribution in [0.3, 0.4) is 0 Å². The molecule has 6 nitrogen and oxygen atoms in total. The number of benzene rings is 1. The summed E-state index contributed by atoms with van der Waals surface area (Å²) in [4.78, 5) is 31.8. The maximum Gasteiger partial charge on any atom is 0.410 e. The molecule has 2 unspecified atom stereocenters. The predicted molar refractivity (Wildman–Crippen MR) is 122 cm³/mol. The number of fused-ring (bicyclic) bond motifs is 2. The van der Waals surface area contributed by atoms with Gasteiger partial charge in [-0.1, -0.05) is 13.8 Å². The van der Waals surface area contributed by atoms with E-state index in [1.807, 2.05) is 30.6 Å². The van der Waals surface area contributed by atoms with Gasteiger partial charge in [0.25, 0.3) is 0 Å². The van der Waals surface area contributed by atoms with Crippen molar-refractivity contribution in [1.82, 2.24) is 9.80 Å². The van der Waals surface area contributed by atoms with Gasteiger partial charge in [0.1, 0.15) is 5.82 Å². The first-order chi connectivity index (χ1) is 15.4. The summed E-state index contributed by atoms with van der Waals surface area (Å²) in [5.41, 5.74) is 0.782. The van der Waals surface area contributed by atoms with Crippen molar-refractivity contribution in [1.29, 1.82) is 0 Å². The van der Waals surface area contributed by atoms with Crippen LogP contribution in [0.2, 0.25) is 0 Å². The van der Waals surface area contributed by atoms with Crippen molar-refractivity contribution in [2.45, 2.75) is 83.5 Å². The Bertz CT molecular complexity index is 793. The van der Waals surface area contributed by atoms with Crippen molar-refractivity contribution >= 4 is 17.7 Å². The van der Waals surface area contributed by atoms with E-state index in [1.165, 1.54) is 12.1 Å². The highest BCUT2D eigenvalue weighted by molar-refractivity contribution is 5.95. The molecule has 3 heterocycles. The highest BCUT2D eigenvalue weighted by Gasteiger charge is 2.46. The molecule has 176 valence electrons. The van der Waals surface area contributed by atoms with Crippen LogP contribution in [-0.4, -0.2) is 65.7 Å². The summed E-state index contributed by atoms with van der Waals surface area (Å²) in [7, 11) is 0. The second-order valence-corrected chi connectivity index (χ2v) is 9.72. The Hall–Kier alpha value is -2.15. The van der Waals surface area contributed by atoms with Crippen molar-refractivity contribution in [3.05, 3.63) is 30.1 Å². The van der Waals surface area contributed by atoms with Gasteiger partial charge >= 0.3 is 6.09 Å². The highest BCUT2D eigenvalue weighted by atomic mass is 19.1. The summed E-state index contributed by atoms with van der Waals surface area (Å²) in [5, 5.41) is 0. The molecule has 3 fully saturated rings. The van der Waals surface area contributed by atoms with Crippen LogP contribution in [0.15, 0.2) is 24.3 Å². The lowest BCUT2D eigenvalue weighted by Crippen LogP contribution is -2.56. The minimum atomic E-state index is -0.288. The minimum Gasteiger partial charge on any atom is -0.450 e. The van der Waals surface area contributed by atoms with Crippen LogP contribution in [0.5, 0.6) is 0 Å². The monoisotopic (exact) mass is 445 g/mol. The molecule has 1 aromatic rings. The summed E-state index contributed by atoms with van der Waals surface area (Å²) < 4.78 is 18.7. The Morgan fingerprint density at radius 1 is 1.03 bits per heavy atom. The number of halogens is 1. The molecule has 2 bridgehead atoms. The van der Waals surface area contributed by atoms with E-state index >= 15 is 0 Å². The van der Waals surface area contributed by atoms with Gasteiger partial charge in [0, 0.05) is 48.9 Å². The summed E-state index contributed by atoms with van der Waals surface area (Å²) in [5.74, 6) is -0.305. The fraction of sp³-hybridized carbons (Fsp3) is 0.680. The molecule has 4 rings (SSSR count). The van der Waals surface area contributed by atoms with E-state index in [4.69, 9.17) is 4.74 Å². The fourth-order valence-corrected chi connectivity index (χ4v) is 5.85. The minimum absolute atomic E-state index is 0.0934. The third-order valence-electron chi connectivity index (χ3n) is 7.40. The Labute approximate surface area is 190 Å². The summed E-state index contributed by atoms with van der Waals surface area (Å²) >= 11 is 0. The number of nitrogens with zero attached hydrogens (tertiary/aromatic N) is 3. The first-order valence-electron chi connectivity index (χ1n) is 12.2. The fourth-order valence-electron chi connectivity index (χ4n) is 5.85. The van der Waals surface area contributed by atoms with Gasteiger partial charge in [-0.25, -0.2) is 9.18 Å². The molecule has 0 radical (unpaired) electrons. The predicted octanol–water partition coefficient (Wildman–Crippen LogP) is 4.43. The number of carbonyl (C=O) groups excluding carboxylic acids is 2. The van der Waals surface area contributed by atoms with E-state index in [9.17, 15) is 14.0 Å². The molecule has 2 atom stereocenters. The van der Waals surface area contributed by atoms with E-state index in [-0.39, 0.29) is 41.9 Å². The standard InChI is InChI=1S/C25H36FN3O3/c1-4-32-25(31)29-21-9-10-22(29)16-23(15-21)27-13-11-20(12-14-27)28(24(30)17(2)3)19-7-5-18(26)6-8-19/h5-8,17,20-23H,4,9-16H2,1-3H3. The number of likely N-dealkylation sites (tertiary alicyclic amines) is 1. The number of ether oxygens (including phenoxy) is 1. The number of piperidine rings is 2. The molecule has 0 N–H and O–H groups in total. The smallest absolute Gasteiger partial charge is 0.410 e. The van der Waals surface area contributed by atoms with Gasteiger partial charge in [-0.05, 0) is 69.7 Å². The normalized spacial score (nSPS) is 26.4. The third-order valence-corrected chi connectivity index (χ3v) is 7.40. The van der Waals surface area contributed by atoms with Crippen molar-refractivity contribution in [2.24, 2.45) is 5.92 Å². The second-order valence-electron chi connectivity index (χ2n) is 9.72. The van der Waals surface area contributed by atoms with Gasteiger partial charge < -0.3 is 19.4 Å². The van der Waals surface area contributed by atoms with Crippen LogP contribution in [-0.2, 0) is 9.53 Å². The number of anilines is 1. The first-order valence-corrected chi connectivity index (χ1v) is 12.2. The Morgan fingerprint density at radius 3 is 2.16 bits per heavy atom. The lowest BCUT2D eigenvalue weighted by atomic mass is 9.92. The highest BCUT2D eigenvalue weighted by Crippen LogP contribution is 2.39. The zero-order valence-electron chi connectivity index (χ0n) is 19.5. The molecule has 32 heavy (non-hydrogen) atoms. The maximum absolute atomic E-state index is 13.5. The number of rotatable bonds is 5. The Morgan fingerprint density at radius 2 is 1.62 bits per heavy atom.